The van der Waals surface area contributed by atoms with Crippen LogP contribution >= 0.6 is 0 Å². The van der Waals surface area contributed by atoms with Gasteiger partial charge in [0.2, 0.25) is 0 Å². The largest absolute Gasteiger partial charge is 0.462 e. The van der Waals surface area contributed by atoms with E-state index in [1.165, 1.54) is 186 Å². The molecule has 2 atom stereocenters. The molecule has 0 saturated carbocycles. The number of hydrogen-bond acceptors (Lipinski definition) is 6. The first-order valence-electron chi connectivity index (χ1n) is 25.9. The molecule has 0 radical (unpaired) electrons. The lowest BCUT2D eigenvalue weighted by atomic mass is 9.99. The van der Waals surface area contributed by atoms with Crippen molar-refractivity contribution in [2.75, 3.05) is 13.2 Å². The summed E-state index contributed by atoms with van der Waals surface area (Å²) in [6, 6.07) is 0. The van der Waals surface area contributed by atoms with Crippen molar-refractivity contribution in [1.29, 1.82) is 0 Å². The van der Waals surface area contributed by atoms with Crippen LogP contribution in [0.3, 0.4) is 0 Å². The fraction of sp³-hybridized carbons (Fsp3) is 0.942. The Morgan fingerprint density at radius 3 is 0.897 bits per heavy atom. The summed E-state index contributed by atoms with van der Waals surface area (Å²) < 4.78 is 16.8. The molecule has 0 amide bonds. The third-order valence-electron chi connectivity index (χ3n) is 12.2. The summed E-state index contributed by atoms with van der Waals surface area (Å²) in [5.41, 5.74) is 0. The topological polar surface area (TPSA) is 78.9 Å². The molecule has 0 aromatic carbocycles. The van der Waals surface area contributed by atoms with Gasteiger partial charge < -0.3 is 14.2 Å². The van der Waals surface area contributed by atoms with Crippen LogP contribution < -0.4 is 0 Å². The summed E-state index contributed by atoms with van der Waals surface area (Å²) in [6.45, 7) is 9.05. The van der Waals surface area contributed by atoms with Crippen molar-refractivity contribution in [3.8, 4) is 0 Å². The lowest BCUT2D eigenvalue weighted by Gasteiger charge is -2.18. The maximum Gasteiger partial charge on any atom is 0.306 e. The molecule has 0 saturated heterocycles. The minimum atomic E-state index is -0.759. The summed E-state index contributed by atoms with van der Waals surface area (Å²) in [4.78, 5) is 37.8. The molecule has 0 fully saturated rings. The average molecular weight is 821 g/mol. The predicted octanol–water partition coefficient (Wildman–Crippen LogP) is 16.7. The van der Waals surface area contributed by atoms with E-state index in [1.54, 1.807) is 0 Å². The number of carbonyl (C=O) groups excluding carboxylic acids is 3. The first-order valence-corrected chi connectivity index (χ1v) is 25.9. The van der Waals surface area contributed by atoms with E-state index < -0.39 is 6.10 Å². The van der Waals surface area contributed by atoms with Crippen molar-refractivity contribution in [3.63, 3.8) is 0 Å². The molecule has 0 N–H and O–H groups in total. The molecule has 0 aromatic rings. The van der Waals surface area contributed by atoms with Crippen LogP contribution in [0.25, 0.3) is 0 Å². The van der Waals surface area contributed by atoms with Gasteiger partial charge in [0.15, 0.2) is 6.10 Å². The number of esters is 3. The van der Waals surface area contributed by atoms with E-state index in [0.717, 1.165) is 63.7 Å². The monoisotopic (exact) mass is 821 g/mol. The highest BCUT2D eigenvalue weighted by atomic mass is 16.6. The fourth-order valence-corrected chi connectivity index (χ4v) is 7.83. The molecular formula is C52H100O6. The van der Waals surface area contributed by atoms with Crippen LogP contribution in [0.1, 0.15) is 291 Å². The summed E-state index contributed by atoms with van der Waals surface area (Å²) in [5.74, 6) is 0.0490. The van der Waals surface area contributed by atoms with Crippen molar-refractivity contribution < 1.29 is 28.6 Å². The van der Waals surface area contributed by atoms with Crippen LogP contribution in [0.5, 0.6) is 0 Å². The predicted molar refractivity (Wildman–Crippen MR) is 247 cm³/mol. The molecular weight excluding hydrogens is 721 g/mol. The van der Waals surface area contributed by atoms with Gasteiger partial charge in [0, 0.05) is 19.3 Å². The van der Waals surface area contributed by atoms with E-state index in [9.17, 15) is 14.4 Å². The van der Waals surface area contributed by atoms with Gasteiger partial charge in [-0.2, -0.15) is 0 Å². The number of ether oxygens (including phenoxy) is 3. The second-order valence-electron chi connectivity index (χ2n) is 18.1. The van der Waals surface area contributed by atoms with Gasteiger partial charge in [0.25, 0.3) is 0 Å². The van der Waals surface area contributed by atoms with Crippen LogP contribution in [0, 0.1) is 5.92 Å². The normalized spacial score (nSPS) is 12.4. The maximum atomic E-state index is 12.8. The Morgan fingerprint density at radius 2 is 0.603 bits per heavy atom. The third-order valence-corrected chi connectivity index (χ3v) is 12.2. The molecule has 0 bridgehead atoms. The summed E-state index contributed by atoms with van der Waals surface area (Å²) >= 11 is 0. The molecule has 6 heteroatoms. The molecule has 0 aromatic heterocycles. The molecule has 0 rings (SSSR count). The zero-order valence-electron chi connectivity index (χ0n) is 39.5. The van der Waals surface area contributed by atoms with E-state index in [4.69, 9.17) is 14.2 Å². The van der Waals surface area contributed by atoms with E-state index in [2.05, 4.69) is 27.7 Å². The zero-order chi connectivity index (χ0) is 42.4. The summed E-state index contributed by atoms with van der Waals surface area (Å²) in [5, 5.41) is 0. The Labute approximate surface area is 361 Å². The van der Waals surface area contributed by atoms with Gasteiger partial charge >= 0.3 is 17.9 Å². The van der Waals surface area contributed by atoms with E-state index >= 15 is 0 Å². The van der Waals surface area contributed by atoms with Crippen LogP contribution in [0.15, 0.2) is 0 Å². The van der Waals surface area contributed by atoms with Crippen LogP contribution in [-0.4, -0.2) is 37.2 Å². The minimum Gasteiger partial charge on any atom is -0.462 e. The van der Waals surface area contributed by atoms with Crippen LogP contribution in [-0.2, 0) is 28.6 Å². The SMILES string of the molecule is CCCCCCCCCCCCCCCC(=O)O[C@@H](COC(=O)CCCCCCCCCCC)COC(=O)CCCCCCCCCCCCCCCCC(C)CC. The number of carbonyl (C=O) groups is 3. The second-order valence-corrected chi connectivity index (χ2v) is 18.1. The first kappa shape index (κ1) is 56.4. The van der Waals surface area contributed by atoms with Crippen molar-refractivity contribution in [3.05, 3.63) is 0 Å². The number of hydrogen-bond donors (Lipinski definition) is 0. The quantitative estimate of drug-likeness (QED) is 0.0346. The standard InChI is InChI=1S/C52H100O6/c1-5-8-10-12-14-16-17-20-25-29-33-37-41-45-52(55)58-49(46-56-50(53)43-39-35-31-26-15-13-11-9-6-2)47-57-51(54)44-40-36-32-28-24-22-19-18-21-23-27-30-34-38-42-48(4)7-3/h48-49H,5-47H2,1-4H3/t48?,49-/m0/s1. The molecule has 0 aliphatic rings. The Morgan fingerprint density at radius 1 is 0.345 bits per heavy atom. The third kappa shape index (κ3) is 44.0. The summed E-state index contributed by atoms with van der Waals surface area (Å²) in [7, 11) is 0. The Bertz CT molecular complexity index is 874. The lowest BCUT2D eigenvalue weighted by molar-refractivity contribution is -0.167. The van der Waals surface area contributed by atoms with Gasteiger partial charge in [0.1, 0.15) is 13.2 Å². The average Bonchev–Trinajstić information content (AvgIpc) is 3.22. The number of unbranched alkanes of at least 4 members (excludes halogenated alkanes) is 33. The highest BCUT2D eigenvalue weighted by Gasteiger charge is 2.19. The molecule has 6 nitrogen and oxygen atoms in total. The molecule has 0 heterocycles. The van der Waals surface area contributed by atoms with Crippen LogP contribution in [0.4, 0.5) is 0 Å². The molecule has 1 unspecified atom stereocenters. The Balaban J connectivity index is 4.24. The zero-order valence-corrected chi connectivity index (χ0v) is 39.5. The smallest absolute Gasteiger partial charge is 0.306 e. The van der Waals surface area contributed by atoms with E-state index in [1.807, 2.05) is 0 Å². The van der Waals surface area contributed by atoms with Gasteiger partial charge in [-0.1, -0.05) is 252 Å². The molecule has 0 aliphatic heterocycles. The fourth-order valence-electron chi connectivity index (χ4n) is 7.83. The second kappa shape index (κ2) is 46.5. The molecule has 0 aliphatic carbocycles. The molecule has 0 spiro atoms. The highest BCUT2D eigenvalue weighted by Crippen LogP contribution is 2.18. The van der Waals surface area contributed by atoms with Gasteiger partial charge in [-0.3, -0.25) is 14.4 Å². The minimum absolute atomic E-state index is 0.0628. The molecule has 344 valence electrons. The Kier molecular flexibility index (Phi) is 45.2. The van der Waals surface area contributed by atoms with Gasteiger partial charge in [-0.25, -0.2) is 0 Å². The Hall–Kier alpha value is -1.59. The first-order chi connectivity index (χ1) is 28.4. The summed E-state index contributed by atoms with van der Waals surface area (Å²) in [6.07, 6.45) is 47.9. The highest BCUT2D eigenvalue weighted by molar-refractivity contribution is 5.71. The van der Waals surface area contributed by atoms with Gasteiger partial charge in [-0.05, 0) is 25.2 Å². The van der Waals surface area contributed by atoms with Gasteiger partial charge in [-0.15, -0.1) is 0 Å². The molecule has 58 heavy (non-hydrogen) atoms. The van der Waals surface area contributed by atoms with Crippen molar-refractivity contribution in [2.45, 2.75) is 297 Å². The van der Waals surface area contributed by atoms with Crippen molar-refractivity contribution in [1.82, 2.24) is 0 Å². The van der Waals surface area contributed by atoms with Crippen LogP contribution in [0.2, 0.25) is 0 Å². The van der Waals surface area contributed by atoms with Crippen molar-refractivity contribution >= 4 is 17.9 Å². The number of rotatable bonds is 47. The van der Waals surface area contributed by atoms with E-state index in [-0.39, 0.29) is 31.1 Å². The lowest BCUT2D eigenvalue weighted by Crippen LogP contribution is -2.30. The van der Waals surface area contributed by atoms with E-state index in [0.29, 0.717) is 19.3 Å². The van der Waals surface area contributed by atoms with Gasteiger partial charge in [0.05, 0.1) is 0 Å². The maximum absolute atomic E-state index is 12.8. The van der Waals surface area contributed by atoms with Crippen molar-refractivity contribution in [2.24, 2.45) is 5.92 Å².